The van der Waals surface area contributed by atoms with Crippen molar-refractivity contribution in [3.63, 3.8) is 0 Å². The van der Waals surface area contributed by atoms with Crippen molar-refractivity contribution >= 4 is 17.5 Å². The molecule has 1 aromatic rings. The number of pyridine rings is 1. The van der Waals surface area contributed by atoms with E-state index in [1.165, 1.54) is 0 Å². The Morgan fingerprint density at radius 3 is 2.95 bits per heavy atom. The first-order valence-electron chi connectivity index (χ1n) is 7.74. The summed E-state index contributed by atoms with van der Waals surface area (Å²) in [5.41, 5.74) is 1.43. The highest BCUT2D eigenvalue weighted by molar-refractivity contribution is 6.29. The molecule has 1 saturated heterocycles. The van der Waals surface area contributed by atoms with Gasteiger partial charge in [-0.2, -0.15) is 0 Å². The summed E-state index contributed by atoms with van der Waals surface area (Å²) in [5.74, 6) is -0.0439. The molecule has 21 heavy (non-hydrogen) atoms. The third-order valence-electron chi connectivity index (χ3n) is 3.95. The van der Waals surface area contributed by atoms with Crippen LogP contribution in [0.2, 0.25) is 5.15 Å². The molecule has 1 aliphatic heterocycles. The Morgan fingerprint density at radius 2 is 2.24 bits per heavy atom. The molecule has 1 aromatic heterocycles. The summed E-state index contributed by atoms with van der Waals surface area (Å²) in [6.45, 7) is 2.79. The van der Waals surface area contributed by atoms with Gasteiger partial charge in [-0.05, 0) is 31.4 Å². The maximum Gasteiger partial charge on any atom is 0.254 e. The topological polar surface area (TPSA) is 53.4 Å². The van der Waals surface area contributed by atoms with Gasteiger partial charge < -0.3 is 10.0 Å². The van der Waals surface area contributed by atoms with Gasteiger partial charge >= 0.3 is 0 Å². The molecule has 4 nitrogen and oxygen atoms in total. The molecule has 5 heteroatoms. The van der Waals surface area contributed by atoms with Gasteiger partial charge in [0.2, 0.25) is 0 Å². The molecule has 2 heterocycles. The lowest BCUT2D eigenvalue weighted by molar-refractivity contribution is 0.0599. The summed E-state index contributed by atoms with van der Waals surface area (Å²) in [6, 6.07) is 3.38. The van der Waals surface area contributed by atoms with Crippen molar-refractivity contribution in [3.05, 3.63) is 28.5 Å². The minimum Gasteiger partial charge on any atom is -0.394 e. The Kier molecular flexibility index (Phi) is 6.00. The maximum absolute atomic E-state index is 12.8. The number of carbonyl (C=O) groups excluding carboxylic acids is 1. The molecule has 1 amide bonds. The Morgan fingerprint density at radius 1 is 1.43 bits per heavy atom. The van der Waals surface area contributed by atoms with Crippen LogP contribution in [0.15, 0.2) is 12.1 Å². The minimum atomic E-state index is -0.0819. The molecule has 1 unspecified atom stereocenters. The van der Waals surface area contributed by atoms with Crippen molar-refractivity contribution < 1.29 is 9.90 Å². The van der Waals surface area contributed by atoms with Gasteiger partial charge in [-0.1, -0.05) is 37.8 Å². The zero-order chi connectivity index (χ0) is 15.2. The molecule has 0 radical (unpaired) electrons. The van der Waals surface area contributed by atoms with Gasteiger partial charge in [-0.25, -0.2) is 4.98 Å². The first kappa shape index (κ1) is 16.2. The number of carbonyl (C=O) groups is 1. The van der Waals surface area contributed by atoms with Gasteiger partial charge in [-0.15, -0.1) is 0 Å². The van der Waals surface area contributed by atoms with Crippen LogP contribution in [0.25, 0.3) is 0 Å². The third-order valence-corrected chi connectivity index (χ3v) is 4.14. The van der Waals surface area contributed by atoms with E-state index in [-0.39, 0.29) is 18.6 Å². The summed E-state index contributed by atoms with van der Waals surface area (Å²) in [6.07, 6.45) is 5.80. The standard InChI is InChI=1S/C16H23ClN2O2/c1-2-6-13-9-12(10-15(17)18-13)16(21)19-8-5-3-4-7-14(19)11-20/h9-10,14,20H,2-8,11H2,1H3. The number of likely N-dealkylation sites (tertiary alicyclic amines) is 1. The van der Waals surface area contributed by atoms with Gasteiger partial charge in [0, 0.05) is 17.8 Å². The summed E-state index contributed by atoms with van der Waals surface area (Å²) in [7, 11) is 0. The number of rotatable bonds is 4. The van der Waals surface area contributed by atoms with Gasteiger partial charge in [0.15, 0.2) is 0 Å². The number of halogens is 1. The number of aryl methyl sites for hydroxylation is 1. The van der Waals surface area contributed by atoms with E-state index >= 15 is 0 Å². The second kappa shape index (κ2) is 7.76. The highest BCUT2D eigenvalue weighted by Crippen LogP contribution is 2.21. The van der Waals surface area contributed by atoms with Crippen LogP contribution in [0, 0.1) is 0 Å². The van der Waals surface area contributed by atoms with Crippen LogP contribution < -0.4 is 0 Å². The molecular weight excluding hydrogens is 288 g/mol. The number of aliphatic hydroxyl groups is 1. The van der Waals surface area contributed by atoms with Gasteiger partial charge in [0.25, 0.3) is 5.91 Å². The van der Waals surface area contributed by atoms with E-state index in [2.05, 4.69) is 11.9 Å². The summed E-state index contributed by atoms with van der Waals surface area (Å²) < 4.78 is 0. The summed E-state index contributed by atoms with van der Waals surface area (Å²) in [4.78, 5) is 18.8. The molecule has 0 aromatic carbocycles. The second-order valence-electron chi connectivity index (χ2n) is 5.60. The number of aliphatic hydroxyl groups excluding tert-OH is 1. The van der Waals surface area contributed by atoms with Crippen molar-refractivity contribution in [1.82, 2.24) is 9.88 Å². The van der Waals surface area contributed by atoms with Crippen molar-refractivity contribution in [1.29, 1.82) is 0 Å². The average molecular weight is 311 g/mol. The second-order valence-corrected chi connectivity index (χ2v) is 5.99. The lowest BCUT2D eigenvalue weighted by Gasteiger charge is -2.28. The Balaban J connectivity index is 2.24. The fraction of sp³-hybridized carbons (Fsp3) is 0.625. The number of amides is 1. The highest BCUT2D eigenvalue weighted by atomic mass is 35.5. The van der Waals surface area contributed by atoms with Crippen molar-refractivity contribution in [2.24, 2.45) is 0 Å². The van der Waals surface area contributed by atoms with Crippen LogP contribution in [-0.2, 0) is 6.42 Å². The summed E-state index contributed by atoms with van der Waals surface area (Å²) >= 11 is 6.04. The van der Waals surface area contributed by atoms with E-state index < -0.39 is 0 Å². The van der Waals surface area contributed by atoms with Crippen molar-refractivity contribution in [2.75, 3.05) is 13.2 Å². The lowest BCUT2D eigenvalue weighted by atomic mass is 10.1. The van der Waals surface area contributed by atoms with E-state index in [0.29, 0.717) is 17.3 Å². The van der Waals surface area contributed by atoms with E-state index in [1.807, 2.05) is 6.07 Å². The van der Waals surface area contributed by atoms with Crippen LogP contribution in [0.5, 0.6) is 0 Å². The molecule has 0 saturated carbocycles. The molecule has 1 atom stereocenters. The number of hydrogen-bond donors (Lipinski definition) is 1. The molecule has 116 valence electrons. The minimum absolute atomic E-state index is 0.0202. The zero-order valence-corrected chi connectivity index (χ0v) is 13.3. The van der Waals surface area contributed by atoms with E-state index in [1.54, 1.807) is 11.0 Å². The molecule has 0 bridgehead atoms. The third kappa shape index (κ3) is 4.17. The predicted molar refractivity (Wildman–Crippen MR) is 83.6 cm³/mol. The van der Waals surface area contributed by atoms with Crippen molar-refractivity contribution in [3.8, 4) is 0 Å². The fourth-order valence-electron chi connectivity index (χ4n) is 2.86. The molecule has 1 aliphatic rings. The monoisotopic (exact) mass is 310 g/mol. The van der Waals surface area contributed by atoms with E-state index in [9.17, 15) is 9.90 Å². The zero-order valence-electron chi connectivity index (χ0n) is 12.5. The van der Waals surface area contributed by atoms with Crippen LogP contribution in [-0.4, -0.2) is 40.1 Å². The Bertz CT molecular complexity index is 493. The van der Waals surface area contributed by atoms with Gasteiger partial charge in [0.05, 0.1) is 12.6 Å². The number of hydrogen-bond acceptors (Lipinski definition) is 3. The van der Waals surface area contributed by atoms with Crippen LogP contribution >= 0.6 is 11.6 Å². The van der Waals surface area contributed by atoms with E-state index in [4.69, 9.17) is 11.6 Å². The largest absolute Gasteiger partial charge is 0.394 e. The van der Waals surface area contributed by atoms with Gasteiger partial charge in [0.1, 0.15) is 5.15 Å². The molecule has 1 N–H and O–H groups in total. The smallest absolute Gasteiger partial charge is 0.254 e. The SMILES string of the molecule is CCCc1cc(C(=O)N2CCCCCC2CO)cc(Cl)n1. The first-order valence-corrected chi connectivity index (χ1v) is 8.11. The number of nitrogens with zero attached hydrogens (tertiary/aromatic N) is 2. The fourth-order valence-corrected chi connectivity index (χ4v) is 3.09. The normalized spacial score (nSPS) is 19.4. The molecule has 0 spiro atoms. The van der Waals surface area contributed by atoms with E-state index in [0.717, 1.165) is 44.2 Å². The van der Waals surface area contributed by atoms with Gasteiger partial charge in [-0.3, -0.25) is 4.79 Å². The van der Waals surface area contributed by atoms with Crippen molar-refractivity contribution in [2.45, 2.75) is 51.5 Å². The quantitative estimate of drug-likeness (QED) is 0.870. The molecular formula is C16H23ClN2O2. The van der Waals surface area contributed by atoms with Crippen LogP contribution in [0.1, 0.15) is 55.1 Å². The lowest BCUT2D eigenvalue weighted by Crippen LogP contribution is -2.42. The summed E-state index contributed by atoms with van der Waals surface area (Å²) in [5, 5.41) is 9.90. The first-order chi connectivity index (χ1) is 10.2. The number of aromatic nitrogens is 1. The molecule has 1 fully saturated rings. The predicted octanol–water partition coefficient (Wildman–Crippen LogP) is 3.06. The average Bonchev–Trinajstić information content (AvgIpc) is 2.71. The van der Waals surface area contributed by atoms with Crippen LogP contribution in [0.4, 0.5) is 0 Å². The maximum atomic E-state index is 12.8. The Hall–Kier alpha value is -1.13. The Labute approximate surface area is 131 Å². The molecule has 0 aliphatic carbocycles. The highest BCUT2D eigenvalue weighted by Gasteiger charge is 2.26. The van der Waals surface area contributed by atoms with Crippen LogP contribution in [0.3, 0.4) is 0 Å². The molecule has 2 rings (SSSR count).